The molecule has 36 heavy (non-hydrogen) atoms. The zero-order valence-corrected chi connectivity index (χ0v) is 21.7. The number of aliphatic hydroxyl groups excluding tert-OH is 1. The molecular weight excluding hydrogens is 462 g/mol. The highest BCUT2D eigenvalue weighted by molar-refractivity contribution is 5.95. The highest BCUT2D eigenvalue weighted by Gasteiger charge is 2.25. The van der Waals surface area contributed by atoms with Crippen molar-refractivity contribution in [3.63, 3.8) is 0 Å². The van der Waals surface area contributed by atoms with E-state index in [1.807, 2.05) is 39.0 Å². The first kappa shape index (κ1) is 27.4. The molecule has 0 bridgehead atoms. The van der Waals surface area contributed by atoms with Gasteiger partial charge < -0.3 is 29.5 Å². The number of carbonyl (C=O) groups is 2. The van der Waals surface area contributed by atoms with Gasteiger partial charge in [0.1, 0.15) is 5.60 Å². The molecule has 2 aromatic rings. The van der Waals surface area contributed by atoms with Gasteiger partial charge in [-0.15, -0.1) is 0 Å². The number of pyridine rings is 1. The van der Waals surface area contributed by atoms with Crippen LogP contribution in [0.15, 0.2) is 30.3 Å². The van der Waals surface area contributed by atoms with Crippen molar-refractivity contribution in [3.8, 4) is 5.88 Å². The molecule has 1 atom stereocenters. The second-order valence-electron chi connectivity index (χ2n) is 9.82. The van der Waals surface area contributed by atoms with Gasteiger partial charge in [-0.3, -0.25) is 0 Å². The second-order valence-corrected chi connectivity index (χ2v) is 9.82. The number of rotatable bonds is 8. The number of likely N-dealkylation sites (tertiary alicyclic amines) is 1. The topological polar surface area (TPSA) is 110 Å². The quantitative estimate of drug-likeness (QED) is 0.416. The minimum atomic E-state index is -0.773. The zero-order valence-electron chi connectivity index (χ0n) is 21.7. The summed E-state index contributed by atoms with van der Waals surface area (Å²) in [5.74, 6) is 0.0253. The zero-order chi connectivity index (χ0) is 26.3. The number of amides is 1. The molecule has 0 saturated carbocycles. The predicted octanol–water partition coefficient (Wildman–Crippen LogP) is 3.84. The van der Waals surface area contributed by atoms with Crippen molar-refractivity contribution in [1.82, 2.24) is 15.2 Å². The molecule has 1 fully saturated rings. The van der Waals surface area contributed by atoms with Crippen molar-refractivity contribution >= 4 is 29.0 Å². The number of aliphatic hydroxyl groups is 1. The van der Waals surface area contributed by atoms with Crippen LogP contribution in [0.4, 0.5) is 4.79 Å². The first-order valence-electron chi connectivity index (χ1n) is 12.3. The molecule has 0 spiro atoms. The summed E-state index contributed by atoms with van der Waals surface area (Å²) in [6.45, 7) is 9.51. The fraction of sp³-hybridized carbons (Fsp3) is 0.519. The van der Waals surface area contributed by atoms with Gasteiger partial charge in [-0.05, 0) is 58.2 Å². The van der Waals surface area contributed by atoms with E-state index < -0.39 is 23.8 Å². The molecule has 1 aliphatic rings. The summed E-state index contributed by atoms with van der Waals surface area (Å²) >= 11 is 0. The lowest BCUT2D eigenvalue weighted by atomic mass is 9.98. The average molecular weight is 500 g/mol. The molecule has 1 aromatic carbocycles. The van der Waals surface area contributed by atoms with Crippen molar-refractivity contribution in [2.24, 2.45) is 0 Å². The number of nitrogens with zero attached hydrogens (tertiary/aromatic N) is 2. The molecule has 196 valence electrons. The summed E-state index contributed by atoms with van der Waals surface area (Å²) in [5, 5.41) is 14.9. The number of esters is 1. The fourth-order valence-corrected chi connectivity index (χ4v) is 4.20. The number of hydrogen-bond donors (Lipinski definition) is 2. The number of aromatic nitrogens is 1. The maximum Gasteiger partial charge on any atom is 0.407 e. The smallest absolute Gasteiger partial charge is 0.407 e. The van der Waals surface area contributed by atoms with E-state index >= 15 is 0 Å². The normalized spacial score (nSPS) is 16.2. The Labute approximate surface area is 212 Å². The Balaban J connectivity index is 1.70. The number of hydrogen-bond acceptors (Lipinski definition) is 8. The molecule has 1 unspecified atom stereocenters. The molecule has 1 aromatic heterocycles. The molecule has 0 radical (unpaired) electrons. The standard InChI is InChI=1S/C27H37N3O6/c1-6-35-24(32)12-8-18-7-9-21(25-20(18)10-11-23(29-25)34-5)22(31)17-30-15-13-19(14-16-30)28-26(33)36-27(2,3)4/h7-12,19,22,31H,6,13-17H2,1-5H3,(H,28,33)/b12-8+. The van der Waals surface area contributed by atoms with Crippen molar-refractivity contribution < 1.29 is 28.9 Å². The monoisotopic (exact) mass is 499 g/mol. The Morgan fingerprint density at radius 2 is 1.94 bits per heavy atom. The minimum Gasteiger partial charge on any atom is -0.481 e. The number of nitrogens with one attached hydrogen (secondary N) is 1. The van der Waals surface area contributed by atoms with Gasteiger partial charge in [0.25, 0.3) is 0 Å². The van der Waals surface area contributed by atoms with E-state index in [0.717, 1.165) is 36.9 Å². The first-order valence-corrected chi connectivity index (χ1v) is 12.3. The van der Waals surface area contributed by atoms with E-state index in [0.29, 0.717) is 30.1 Å². The van der Waals surface area contributed by atoms with Gasteiger partial charge in [-0.25, -0.2) is 14.6 Å². The Kier molecular flexibility index (Phi) is 9.28. The second kappa shape index (κ2) is 12.2. The molecule has 2 heterocycles. The lowest BCUT2D eigenvalue weighted by Crippen LogP contribution is -2.46. The number of methoxy groups -OCH3 is 1. The van der Waals surface area contributed by atoms with Crippen LogP contribution >= 0.6 is 0 Å². The van der Waals surface area contributed by atoms with Crippen molar-refractivity contribution in [1.29, 1.82) is 0 Å². The first-order chi connectivity index (χ1) is 17.1. The van der Waals surface area contributed by atoms with Crippen LogP contribution in [0.5, 0.6) is 5.88 Å². The summed E-state index contributed by atoms with van der Waals surface area (Å²) in [4.78, 5) is 30.6. The third-order valence-corrected chi connectivity index (χ3v) is 5.89. The number of alkyl carbamates (subject to hydrolysis) is 1. The summed E-state index contributed by atoms with van der Waals surface area (Å²) in [7, 11) is 1.55. The van der Waals surface area contributed by atoms with E-state index in [-0.39, 0.29) is 6.04 Å². The van der Waals surface area contributed by atoms with Crippen LogP contribution in [0.1, 0.15) is 57.8 Å². The molecule has 0 aliphatic carbocycles. The van der Waals surface area contributed by atoms with E-state index in [1.165, 1.54) is 6.08 Å². The summed E-state index contributed by atoms with van der Waals surface area (Å²) in [6, 6.07) is 7.37. The highest BCUT2D eigenvalue weighted by atomic mass is 16.6. The Hall–Kier alpha value is -3.17. The fourth-order valence-electron chi connectivity index (χ4n) is 4.20. The van der Waals surface area contributed by atoms with Gasteiger partial charge in [0, 0.05) is 48.8 Å². The van der Waals surface area contributed by atoms with E-state index in [1.54, 1.807) is 26.2 Å². The summed E-state index contributed by atoms with van der Waals surface area (Å²) in [6.07, 6.45) is 3.45. The van der Waals surface area contributed by atoms with Crippen LogP contribution in [0, 0.1) is 0 Å². The van der Waals surface area contributed by atoms with Crippen LogP contribution in [-0.2, 0) is 14.3 Å². The van der Waals surface area contributed by atoms with E-state index in [2.05, 4.69) is 15.2 Å². The van der Waals surface area contributed by atoms with Crippen molar-refractivity contribution in [3.05, 3.63) is 41.5 Å². The minimum absolute atomic E-state index is 0.0467. The number of piperidine rings is 1. The lowest BCUT2D eigenvalue weighted by Gasteiger charge is -2.34. The van der Waals surface area contributed by atoms with E-state index in [4.69, 9.17) is 14.2 Å². The maximum absolute atomic E-state index is 12.1. The molecule has 9 nitrogen and oxygen atoms in total. The van der Waals surface area contributed by atoms with Gasteiger partial charge in [0.05, 0.1) is 25.3 Å². The number of benzene rings is 1. The van der Waals surface area contributed by atoms with Gasteiger partial charge in [-0.1, -0.05) is 12.1 Å². The Bertz CT molecular complexity index is 1090. The van der Waals surface area contributed by atoms with E-state index in [9.17, 15) is 14.7 Å². The Morgan fingerprint density at radius 1 is 1.22 bits per heavy atom. The van der Waals surface area contributed by atoms with Crippen LogP contribution in [0.2, 0.25) is 0 Å². The lowest BCUT2D eigenvalue weighted by molar-refractivity contribution is -0.137. The number of carbonyl (C=O) groups excluding carboxylic acids is 2. The summed E-state index contributed by atoms with van der Waals surface area (Å²) < 4.78 is 15.6. The van der Waals surface area contributed by atoms with Gasteiger partial charge in [-0.2, -0.15) is 0 Å². The molecule has 3 rings (SSSR count). The molecule has 1 amide bonds. The maximum atomic E-state index is 12.1. The van der Waals surface area contributed by atoms with Crippen molar-refractivity contribution in [2.45, 2.75) is 58.3 Å². The number of ether oxygens (including phenoxy) is 3. The molecule has 9 heteroatoms. The van der Waals surface area contributed by atoms with Crippen LogP contribution in [0.3, 0.4) is 0 Å². The SMILES string of the molecule is CCOC(=O)/C=C/c1ccc(C(O)CN2CCC(NC(=O)OC(C)(C)C)CC2)c2nc(OC)ccc12. The molecular formula is C27H37N3O6. The summed E-state index contributed by atoms with van der Waals surface area (Å²) in [5.41, 5.74) is 1.57. The van der Waals surface area contributed by atoms with Gasteiger partial charge in [0.2, 0.25) is 5.88 Å². The highest BCUT2D eigenvalue weighted by Crippen LogP contribution is 2.30. The third kappa shape index (κ3) is 7.66. The number of fused-ring (bicyclic) bond motifs is 1. The van der Waals surface area contributed by atoms with Gasteiger partial charge >= 0.3 is 12.1 Å². The van der Waals surface area contributed by atoms with Crippen LogP contribution in [0.25, 0.3) is 17.0 Å². The largest absolute Gasteiger partial charge is 0.481 e. The van der Waals surface area contributed by atoms with Crippen molar-refractivity contribution in [2.75, 3.05) is 33.4 Å². The van der Waals surface area contributed by atoms with Crippen LogP contribution < -0.4 is 10.1 Å². The molecule has 2 N–H and O–H groups in total. The Morgan fingerprint density at radius 3 is 2.58 bits per heavy atom. The predicted molar refractivity (Wildman–Crippen MR) is 138 cm³/mol. The third-order valence-electron chi connectivity index (χ3n) is 5.89. The van der Waals surface area contributed by atoms with Crippen LogP contribution in [-0.4, -0.2) is 72.0 Å². The average Bonchev–Trinajstić information content (AvgIpc) is 2.82. The molecule has 1 aliphatic heterocycles. The molecule has 1 saturated heterocycles. The van der Waals surface area contributed by atoms with Gasteiger partial charge in [0.15, 0.2) is 0 Å². The number of β-amino-alcohol motifs (C(OH)–C–C–N with tert-alkyl or cyclic N) is 1.